The minimum Gasteiger partial charge on any atom is -0.375 e. The van der Waals surface area contributed by atoms with Crippen LogP contribution in [0.25, 0.3) is 10.6 Å². The van der Waals surface area contributed by atoms with Crippen LogP contribution < -0.4 is 21.3 Å². The Kier molecular flexibility index (Phi) is 4.63. The Labute approximate surface area is 155 Å². The van der Waals surface area contributed by atoms with E-state index in [1.807, 2.05) is 25.3 Å². The summed E-state index contributed by atoms with van der Waals surface area (Å²) in [6.07, 6.45) is 3.60. The summed E-state index contributed by atoms with van der Waals surface area (Å²) >= 11 is 1.42. The molecule has 3 aromatic heterocycles. The highest BCUT2D eigenvalue weighted by molar-refractivity contribution is 7.18. The molecule has 0 spiro atoms. The zero-order chi connectivity index (χ0) is 17.9. The van der Waals surface area contributed by atoms with Gasteiger partial charge in [-0.05, 0) is 25.1 Å². The molecule has 4 N–H and O–H groups in total. The van der Waals surface area contributed by atoms with Crippen LogP contribution in [0.1, 0.15) is 5.69 Å². The van der Waals surface area contributed by atoms with Crippen molar-refractivity contribution in [1.82, 2.24) is 25.3 Å². The fraction of sp³-hybridized carbons (Fsp3) is 0.294. The normalized spacial score (nSPS) is 14.4. The number of aryl methyl sites for hydroxylation is 1. The maximum atomic E-state index is 5.78. The fourth-order valence-corrected chi connectivity index (χ4v) is 3.69. The molecule has 1 aliphatic heterocycles. The van der Waals surface area contributed by atoms with E-state index in [2.05, 4.69) is 41.5 Å². The van der Waals surface area contributed by atoms with Crippen LogP contribution in [-0.4, -0.2) is 46.1 Å². The lowest BCUT2D eigenvalue weighted by molar-refractivity contribution is 0.589. The van der Waals surface area contributed by atoms with Crippen molar-refractivity contribution in [3.63, 3.8) is 0 Å². The molecule has 0 bridgehead atoms. The van der Waals surface area contributed by atoms with E-state index in [0.717, 1.165) is 48.1 Å². The summed E-state index contributed by atoms with van der Waals surface area (Å²) in [5, 5.41) is 7.05. The highest BCUT2D eigenvalue weighted by Gasteiger charge is 2.12. The second-order valence-electron chi connectivity index (χ2n) is 6.00. The van der Waals surface area contributed by atoms with Gasteiger partial charge in [-0.1, -0.05) is 11.3 Å². The standard InChI is InChI=1S/C17H20N8S/c1-11-15(26-16(18)22-11)13-4-5-20-17(23-13)24-14-3-2-12(10-21-14)25-8-6-19-7-9-25/h2-5,10,19H,6-9H2,1H3,(H2,18,22)(H,20,21,23,24). The Morgan fingerprint density at radius 3 is 2.69 bits per heavy atom. The first-order valence-electron chi connectivity index (χ1n) is 8.44. The molecule has 0 unspecified atom stereocenters. The average Bonchev–Trinajstić information content (AvgIpc) is 3.01. The van der Waals surface area contributed by atoms with Crippen LogP contribution in [0, 0.1) is 6.92 Å². The summed E-state index contributed by atoms with van der Waals surface area (Å²) in [5.41, 5.74) is 8.58. The minimum atomic E-state index is 0.497. The van der Waals surface area contributed by atoms with E-state index in [-0.39, 0.29) is 0 Å². The predicted octanol–water partition coefficient (Wildman–Crippen LogP) is 2.04. The molecular formula is C17H20N8S. The summed E-state index contributed by atoms with van der Waals surface area (Å²) in [5.74, 6) is 1.21. The molecule has 1 fully saturated rings. The molecule has 9 heteroatoms. The predicted molar refractivity (Wildman–Crippen MR) is 105 cm³/mol. The summed E-state index contributed by atoms with van der Waals surface area (Å²) in [4.78, 5) is 20.9. The summed E-state index contributed by atoms with van der Waals surface area (Å²) in [6.45, 7) is 5.92. The topological polar surface area (TPSA) is 105 Å². The monoisotopic (exact) mass is 368 g/mol. The number of hydrogen-bond donors (Lipinski definition) is 3. The van der Waals surface area contributed by atoms with Gasteiger partial charge in [0.15, 0.2) is 5.13 Å². The van der Waals surface area contributed by atoms with Crippen LogP contribution in [0.4, 0.5) is 22.6 Å². The van der Waals surface area contributed by atoms with Crippen LogP contribution in [0.3, 0.4) is 0 Å². The zero-order valence-corrected chi connectivity index (χ0v) is 15.3. The molecule has 1 aliphatic rings. The lowest BCUT2D eigenvalue weighted by Crippen LogP contribution is -2.43. The first kappa shape index (κ1) is 16.7. The highest BCUT2D eigenvalue weighted by atomic mass is 32.1. The van der Waals surface area contributed by atoms with E-state index in [9.17, 15) is 0 Å². The Balaban J connectivity index is 1.50. The van der Waals surface area contributed by atoms with Crippen molar-refractivity contribution >= 4 is 33.9 Å². The van der Waals surface area contributed by atoms with Gasteiger partial charge in [-0.2, -0.15) is 0 Å². The highest BCUT2D eigenvalue weighted by Crippen LogP contribution is 2.30. The summed E-state index contributed by atoms with van der Waals surface area (Å²) in [6, 6.07) is 5.87. The number of nitrogens with one attached hydrogen (secondary N) is 2. The van der Waals surface area contributed by atoms with Crippen molar-refractivity contribution in [2.75, 3.05) is 42.1 Å². The SMILES string of the molecule is Cc1nc(N)sc1-c1ccnc(Nc2ccc(N3CCNCC3)cn2)n1. The molecule has 134 valence electrons. The van der Waals surface area contributed by atoms with Crippen LogP contribution in [-0.2, 0) is 0 Å². The quantitative estimate of drug-likeness (QED) is 0.643. The van der Waals surface area contributed by atoms with Crippen LogP contribution >= 0.6 is 11.3 Å². The molecule has 1 saturated heterocycles. The molecule has 3 aromatic rings. The number of aromatic nitrogens is 4. The molecule has 0 saturated carbocycles. The number of nitrogen functional groups attached to an aromatic ring is 1. The second-order valence-corrected chi connectivity index (χ2v) is 7.03. The Bertz CT molecular complexity index is 886. The van der Waals surface area contributed by atoms with Crippen molar-refractivity contribution in [2.24, 2.45) is 0 Å². The largest absolute Gasteiger partial charge is 0.375 e. The van der Waals surface area contributed by atoms with Gasteiger partial charge in [0.2, 0.25) is 5.95 Å². The van der Waals surface area contributed by atoms with Crippen molar-refractivity contribution in [3.05, 3.63) is 36.3 Å². The van der Waals surface area contributed by atoms with E-state index in [1.165, 1.54) is 11.3 Å². The van der Waals surface area contributed by atoms with Gasteiger partial charge in [0.25, 0.3) is 0 Å². The molecule has 0 atom stereocenters. The lowest BCUT2D eigenvalue weighted by Gasteiger charge is -2.29. The third-order valence-electron chi connectivity index (χ3n) is 4.17. The number of nitrogens with zero attached hydrogens (tertiary/aromatic N) is 5. The Morgan fingerprint density at radius 1 is 1.15 bits per heavy atom. The zero-order valence-electron chi connectivity index (χ0n) is 14.4. The van der Waals surface area contributed by atoms with E-state index >= 15 is 0 Å². The van der Waals surface area contributed by atoms with Crippen molar-refractivity contribution < 1.29 is 0 Å². The maximum absolute atomic E-state index is 5.78. The summed E-state index contributed by atoms with van der Waals surface area (Å²) in [7, 11) is 0. The molecule has 0 aromatic carbocycles. The van der Waals surface area contributed by atoms with Gasteiger partial charge in [0, 0.05) is 32.4 Å². The summed E-state index contributed by atoms with van der Waals surface area (Å²) < 4.78 is 0. The third-order valence-corrected chi connectivity index (χ3v) is 5.18. The number of rotatable bonds is 4. The van der Waals surface area contributed by atoms with Gasteiger partial charge in [0.1, 0.15) is 5.82 Å². The maximum Gasteiger partial charge on any atom is 0.228 e. The van der Waals surface area contributed by atoms with Crippen LogP contribution in [0.15, 0.2) is 30.6 Å². The first-order chi connectivity index (χ1) is 12.7. The number of anilines is 4. The van der Waals surface area contributed by atoms with E-state index in [4.69, 9.17) is 5.73 Å². The second kappa shape index (κ2) is 7.22. The van der Waals surface area contributed by atoms with Gasteiger partial charge in [-0.15, -0.1) is 0 Å². The average molecular weight is 368 g/mol. The molecule has 0 aliphatic carbocycles. The van der Waals surface area contributed by atoms with Crippen LogP contribution in [0.5, 0.6) is 0 Å². The number of piperazine rings is 1. The Morgan fingerprint density at radius 2 is 2.00 bits per heavy atom. The van der Waals surface area contributed by atoms with E-state index in [1.54, 1.807) is 6.20 Å². The molecule has 26 heavy (non-hydrogen) atoms. The molecule has 8 nitrogen and oxygen atoms in total. The van der Waals surface area contributed by atoms with Crippen molar-refractivity contribution in [2.45, 2.75) is 6.92 Å². The number of nitrogens with two attached hydrogens (primary N) is 1. The van der Waals surface area contributed by atoms with Gasteiger partial charge < -0.3 is 21.3 Å². The lowest BCUT2D eigenvalue weighted by atomic mass is 10.3. The smallest absolute Gasteiger partial charge is 0.228 e. The van der Waals surface area contributed by atoms with Crippen LogP contribution in [0.2, 0.25) is 0 Å². The number of thiazole rings is 1. The third kappa shape index (κ3) is 3.58. The van der Waals surface area contributed by atoms with Crippen molar-refractivity contribution in [1.29, 1.82) is 0 Å². The molecule has 0 amide bonds. The molecular weight excluding hydrogens is 348 g/mol. The molecule has 0 radical (unpaired) electrons. The Hall–Kier alpha value is -2.78. The van der Waals surface area contributed by atoms with Gasteiger partial charge in [-0.25, -0.2) is 19.9 Å². The van der Waals surface area contributed by atoms with E-state index in [0.29, 0.717) is 16.9 Å². The van der Waals surface area contributed by atoms with Gasteiger partial charge >= 0.3 is 0 Å². The number of hydrogen-bond acceptors (Lipinski definition) is 9. The fourth-order valence-electron chi connectivity index (χ4n) is 2.88. The molecule has 4 rings (SSSR count). The first-order valence-corrected chi connectivity index (χ1v) is 9.26. The van der Waals surface area contributed by atoms with Crippen molar-refractivity contribution in [3.8, 4) is 10.6 Å². The minimum absolute atomic E-state index is 0.497. The molecule has 4 heterocycles. The van der Waals surface area contributed by atoms with Gasteiger partial charge in [0.05, 0.1) is 28.1 Å². The number of pyridine rings is 1. The van der Waals surface area contributed by atoms with E-state index < -0.39 is 0 Å². The van der Waals surface area contributed by atoms with Gasteiger partial charge in [-0.3, -0.25) is 0 Å².